The summed E-state index contributed by atoms with van der Waals surface area (Å²) in [5.41, 5.74) is 0.484. The molecule has 80 valence electrons. The summed E-state index contributed by atoms with van der Waals surface area (Å²) in [7, 11) is 0. The van der Waals surface area contributed by atoms with E-state index >= 15 is 0 Å². The number of rotatable bonds is 7. The Morgan fingerprint density at radius 2 is 1.31 bits per heavy atom. The van der Waals surface area contributed by atoms with E-state index < -0.39 is 0 Å². The molecule has 0 atom stereocenters. The SMILES string of the molecule is CCCC(CC)(CC)N(CC)CC. The molecule has 0 unspecified atom stereocenters. The second kappa shape index (κ2) is 6.42. The van der Waals surface area contributed by atoms with E-state index in [2.05, 4.69) is 39.5 Å². The molecule has 1 nitrogen and oxygen atoms in total. The highest BCUT2D eigenvalue weighted by atomic mass is 15.2. The first kappa shape index (κ1) is 13.0. The fourth-order valence-electron chi connectivity index (χ4n) is 2.57. The van der Waals surface area contributed by atoms with Crippen LogP contribution in [0.25, 0.3) is 0 Å². The van der Waals surface area contributed by atoms with E-state index in [4.69, 9.17) is 0 Å². The maximum Gasteiger partial charge on any atom is 0.0204 e. The quantitative estimate of drug-likeness (QED) is 0.585. The zero-order chi connectivity index (χ0) is 10.3. The molecular weight excluding hydrogens is 158 g/mol. The summed E-state index contributed by atoms with van der Waals surface area (Å²) >= 11 is 0. The van der Waals surface area contributed by atoms with Crippen LogP contribution in [-0.2, 0) is 0 Å². The summed E-state index contributed by atoms with van der Waals surface area (Å²) in [6, 6.07) is 0. The lowest BCUT2D eigenvalue weighted by Crippen LogP contribution is -2.47. The lowest BCUT2D eigenvalue weighted by Gasteiger charge is -2.42. The molecule has 0 fully saturated rings. The van der Waals surface area contributed by atoms with Gasteiger partial charge in [-0.1, -0.05) is 41.0 Å². The molecule has 0 aliphatic heterocycles. The molecule has 0 saturated carbocycles. The Morgan fingerprint density at radius 3 is 1.54 bits per heavy atom. The average molecular weight is 185 g/mol. The van der Waals surface area contributed by atoms with Crippen LogP contribution in [0.1, 0.15) is 60.3 Å². The minimum Gasteiger partial charge on any atom is -0.298 e. The Kier molecular flexibility index (Phi) is 6.40. The van der Waals surface area contributed by atoms with E-state index in [1.54, 1.807) is 0 Å². The van der Waals surface area contributed by atoms with Gasteiger partial charge < -0.3 is 0 Å². The van der Waals surface area contributed by atoms with Crippen LogP contribution in [0.4, 0.5) is 0 Å². The van der Waals surface area contributed by atoms with Crippen molar-refractivity contribution < 1.29 is 0 Å². The Morgan fingerprint density at radius 1 is 0.846 bits per heavy atom. The van der Waals surface area contributed by atoms with Crippen molar-refractivity contribution in [2.45, 2.75) is 65.8 Å². The minimum absolute atomic E-state index is 0.484. The van der Waals surface area contributed by atoms with E-state index in [9.17, 15) is 0 Å². The van der Waals surface area contributed by atoms with Crippen molar-refractivity contribution in [3.8, 4) is 0 Å². The molecular formula is C12H27N. The van der Waals surface area contributed by atoms with Crippen LogP contribution in [0.3, 0.4) is 0 Å². The topological polar surface area (TPSA) is 3.24 Å². The van der Waals surface area contributed by atoms with E-state index in [1.165, 1.54) is 38.8 Å². The normalized spacial score (nSPS) is 12.5. The Balaban J connectivity index is 4.50. The van der Waals surface area contributed by atoms with E-state index in [0.29, 0.717) is 5.54 Å². The maximum atomic E-state index is 2.64. The molecule has 0 aliphatic carbocycles. The number of hydrogen-bond acceptors (Lipinski definition) is 1. The first-order chi connectivity index (χ1) is 6.20. The van der Waals surface area contributed by atoms with Gasteiger partial charge in [-0.2, -0.15) is 0 Å². The largest absolute Gasteiger partial charge is 0.298 e. The van der Waals surface area contributed by atoms with Gasteiger partial charge in [0, 0.05) is 5.54 Å². The molecule has 0 bridgehead atoms. The molecule has 0 aromatic rings. The summed E-state index contributed by atoms with van der Waals surface area (Å²) in [6.07, 6.45) is 5.23. The van der Waals surface area contributed by atoms with Crippen molar-refractivity contribution >= 4 is 0 Å². The highest BCUT2D eigenvalue weighted by Gasteiger charge is 2.29. The van der Waals surface area contributed by atoms with Crippen LogP contribution in [0.5, 0.6) is 0 Å². The van der Waals surface area contributed by atoms with Crippen molar-refractivity contribution in [3.05, 3.63) is 0 Å². The van der Waals surface area contributed by atoms with Gasteiger partial charge in [0.1, 0.15) is 0 Å². The molecule has 0 saturated heterocycles. The second-order valence-corrected chi connectivity index (χ2v) is 3.85. The van der Waals surface area contributed by atoms with Gasteiger partial charge >= 0.3 is 0 Å². The average Bonchev–Trinajstić information content (AvgIpc) is 2.18. The minimum atomic E-state index is 0.484. The molecule has 0 aromatic heterocycles. The van der Waals surface area contributed by atoms with Gasteiger partial charge in [-0.05, 0) is 32.4 Å². The highest BCUT2D eigenvalue weighted by molar-refractivity contribution is 4.86. The van der Waals surface area contributed by atoms with Gasteiger partial charge in [-0.3, -0.25) is 4.90 Å². The fourth-order valence-corrected chi connectivity index (χ4v) is 2.57. The van der Waals surface area contributed by atoms with Gasteiger partial charge in [0.15, 0.2) is 0 Å². The first-order valence-corrected chi connectivity index (χ1v) is 5.95. The van der Waals surface area contributed by atoms with Crippen LogP contribution < -0.4 is 0 Å². The zero-order valence-corrected chi connectivity index (χ0v) is 10.2. The standard InChI is InChI=1S/C12H27N/c1-6-11-12(7-2,8-3)13(9-4)10-5/h6-11H2,1-5H3. The number of nitrogens with zero attached hydrogens (tertiary/aromatic N) is 1. The van der Waals surface area contributed by atoms with Crippen molar-refractivity contribution in [2.24, 2.45) is 0 Å². The Bertz CT molecular complexity index is 112. The smallest absolute Gasteiger partial charge is 0.0204 e. The molecule has 0 N–H and O–H groups in total. The summed E-state index contributed by atoms with van der Waals surface area (Å²) in [5, 5.41) is 0. The summed E-state index contributed by atoms with van der Waals surface area (Å²) < 4.78 is 0. The fraction of sp³-hybridized carbons (Fsp3) is 1.00. The third-order valence-electron chi connectivity index (χ3n) is 3.47. The molecule has 0 amide bonds. The summed E-state index contributed by atoms with van der Waals surface area (Å²) in [6.45, 7) is 13.9. The predicted molar refractivity (Wildman–Crippen MR) is 61.1 cm³/mol. The van der Waals surface area contributed by atoms with E-state index in [0.717, 1.165) is 0 Å². The summed E-state index contributed by atoms with van der Waals surface area (Å²) in [4.78, 5) is 2.64. The maximum absolute atomic E-state index is 2.64. The Hall–Kier alpha value is -0.0400. The van der Waals surface area contributed by atoms with Crippen LogP contribution in [-0.4, -0.2) is 23.5 Å². The summed E-state index contributed by atoms with van der Waals surface area (Å²) in [5.74, 6) is 0. The van der Waals surface area contributed by atoms with Crippen LogP contribution in [0.2, 0.25) is 0 Å². The van der Waals surface area contributed by atoms with Crippen molar-refractivity contribution in [3.63, 3.8) is 0 Å². The van der Waals surface area contributed by atoms with Gasteiger partial charge in [-0.25, -0.2) is 0 Å². The van der Waals surface area contributed by atoms with E-state index in [1.807, 2.05) is 0 Å². The lowest BCUT2D eigenvalue weighted by atomic mass is 9.86. The third kappa shape index (κ3) is 2.98. The van der Waals surface area contributed by atoms with Gasteiger partial charge in [0.05, 0.1) is 0 Å². The Labute approximate surface area is 84.5 Å². The molecule has 0 spiro atoms. The molecule has 0 radical (unpaired) electrons. The van der Waals surface area contributed by atoms with Crippen molar-refractivity contribution in [1.29, 1.82) is 0 Å². The monoisotopic (exact) mass is 185 g/mol. The zero-order valence-electron chi connectivity index (χ0n) is 10.2. The molecule has 0 aliphatic rings. The molecule has 0 rings (SSSR count). The van der Waals surface area contributed by atoms with Crippen LogP contribution in [0, 0.1) is 0 Å². The van der Waals surface area contributed by atoms with Crippen molar-refractivity contribution in [2.75, 3.05) is 13.1 Å². The molecule has 1 heteroatoms. The molecule has 13 heavy (non-hydrogen) atoms. The van der Waals surface area contributed by atoms with Gasteiger partial charge in [0.25, 0.3) is 0 Å². The highest BCUT2D eigenvalue weighted by Crippen LogP contribution is 2.28. The predicted octanol–water partition coefficient (Wildman–Crippen LogP) is 3.69. The molecule has 0 aromatic carbocycles. The van der Waals surface area contributed by atoms with Gasteiger partial charge in [-0.15, -0.1) is 0 Å². The first-order valence-electron chi connectivity index (χ1n) is 5.95. The molecule has 0 heterocycles. The van der Waals surface area contributed by atoms with Gasteiger partial charge in [0.2, 0.25) is 0 Å². The van der Waals surface area contributed by atoms with Crippen molar-refractivity contribution in [1.82, 2.24) is 4.90 Å². The number of hydrogen-bond donors (Lipinski definition) is 0. The van der Waals surface area contributed by atoms with Crippen LogP contribution >= 0.6 is 0 Å². The lowest BCUT2D eigenvalue weighted by molar-refractivity contribution is 0.0795. The third-order valence-corrected chi connectivity index (χ3v) is 3.47. The second-order valence-electron chi connectivity index (χ2n) is 3.85. The van der Waals surface area contributed by atoms with Crippen LogP contribution in [0.15, 0.2) is 0 Å². The van der Waals surface area contributed by atoms with E-state index in [-0.39, 0.29) is 0 Å².